The number of aliphatic imine (C=N–C) groups is 1. The molecule has 1 aromatic heterocycles. The molecule has 0 saturated carbocycles. The molecule has 0 radical (unpaired) electrons. The fraction of sp³-hybridized carbons (Fsp3) is 0.789. The zero-order valence-electron chi connectivity index (χ0n) is 16.0. The first-order valence-electron chi connectivity index (χ1n) is 9.74. The van der Waals surface area contributed by atoms with Crippen molar-refractivity contribution >= 4 is 29.9 Å². The second kappa shape index (κ2) is 9.78. The average Bonchev–Trinajstić information content (AvgIpc) is 2.96. The van der Waals surface area contributed by atoms with Crippen molar-refractivity contribution in [2.75, 3.05) is 26.2 Å². The van der Waals surface area contributed by atoms with Gasteiger partial charge in [0.2, 0.25) is 0 Å². The molecule has 3 rings (SSSR count). The highest BCUT2D eigenvalue weighted by Crippen LogP contribution is 2.21. The van der Waals surface area contributed by atoms with Gasteiger partial charge in [-0.15, -0.1) is 24.0 Å². The number of fused-ring (bicyclic) bond motifs is 1. The lowest BCUT2D eigenvalue weighted by atomic mass is 9.92. The summed E-state index contributed by atoms with van der Waals surface area (Å²) in [7, 11) is 0. The maximum atomic E-state index is 4.89. The molecule has 2 aliphatic rings. The number of likely N-dealkylation sites (tertiary alicyclic amines) is 1. The summed E-state index contributed by atoms with van der Waals surface area (Å²) in [5.74, 6) is 3.85. The Morgan fingerprint density at radius 3 is 2.72 bits per heavy atom. The molecule has 5 nitrogen and oxygen atoms in total. The van der Waals surface area contributed by atoms with E-state index >= 15 is 0 Å². The maximum absolute atomic E-state index is 4.89. The van der Waals surface area contributed by atoms with Gasteiger partial charge in [-0.1, -0.05) is 13.8 Å². The van der Waals surface area contributed by atoms with Crippen LogP contribution in [0.2, 0.25) is 0 Å². The number of hydrogen-bond donors (Lipinski definition) is 1. The molecule has 0 aliphatic carbocycles. The van der Waals surface area contributed by atoms with Gasteiger partial charge in [-0.25, -0.2) is 4.98 Å². The molecule has 0 bridgehead atoms. The number of piperidine rings is 1. The predicted molar refractivity (Wildman–Crippen MR) is 115 cm³/mol. The number of hydrogen-bond acceptors (Lipinski definition) is 2. The third kappa shape index (κ3) is 5.59. The fourth-order valence-corrected chi connectivity index (χ4v) is 4.13. The van der Waals surface area contributed by atoms with Crippen molar-refractivity contribution in [2.45, 2.75) is 59.4 Å². The molecule has 25 heavy (non-hydrogen) atoms. The minimum Gasteiger partial charge on any atom is -0.357 e. The van der Waals surface area contributed by atoms with E-state index in [1.54, 1.807) is 0 Å². The number of nitrogens with one attached hydrogen (secondary N) is 1. The highest BCUT2D eigenvalue weighted by molar-refractivity contribution is 14.0. The van der Waals surface area contributed by atoms with E-state index in [0.29, 0.717) is 0 Å². The minimum absolute atomic E-state index is 0. The quantitative estimate of drug-likeness (QED) is 0.427. The van der Waals surface area contributed by atoms with E-state index in [-0.39, 0.29) is 24.0 Å². The molecule has 0 spiro atoms. The number of aromatic nitrogens is 2. The van der Waals surface area contributed by atoms with Crippen molar-refractivity contribution < 1.29 is 0 Å². The van der Waals surface area contributed by atoms with E-state index in [0.717, 1.165) is 63.4 Å². The number of aryl methyl sites for hydroxylation is 2. The number of nitrogens with zero attached hydrogens (tertiary/aromatic N) is 4. The molecule has 3 heterocycles. The van der Waals surface area contributed by atoms with E-state index < -0.39 is 0 Å². The Balaban J connectivity index is 0.00000225. The summed E-state index contributed by atoms with van der Waals surface area (Å²) >= 11 is 0. The Morgan fingerprint density at radius 1 is 1.28 bits per heavy atom. The van der Waals surface area contributed by atoms with Gasteiger partial charge in [0.05, 0.1) is 5.69 Å². The lowest BCUT2D eigenvalue weighted by Crippen LogP contribution is -2.48. The Hall–Kier alpha value is -0.790. The highest BCUT2D eigenvalue weighted by Gasteiger charge is 2.23. The second-order valence-electron chi connectivity index (χ2n) is 7.64. The molecule has 1 saturated heterocycles. The Morgan fingerprint density at radius 2 is 2.04 bits per heavy atom. The van der Waals surface area contributed by atoms with Crippen molar-refractivity contribution in [2.24, 2.45) is 16.8 Å². The van der Waals surface area contributed by atoms with Crippen molar-refractivity contribution in [3.8, 4) is 0 Å². The molecule has 1 fully saturated rings. The second-order valence-corrected chi connectivity index (χ2v) is 7.64. The number of imidazole rings is 1. The van der Waals surface area contributed by atoms with Crippen LogP contribution in [0.3, 0.4) is 0 Å². The van der Waals surface area contributed by atoms with Gasteiger partial charge in [-0.2, -0.15) is 0 Å². The van der Waals surface area contributed by atoms with Gasteiger partial charge in [0.1, 0.15) is 5.82 Å². The third-order valence-corrected chi connectivity index (χ3v) is 5.09. The van der Waals surface area contributed by atoms with E-state index in [1.807, 2.05) is 0 Å². The maximum Gasteiger partial charge on any atom is 0.193 e. The van der Waals surface area contributed by atoms with Gasteiger partial charge in [0, 0.05) is 51.8 Å². The van der Waals surface area contributed by atoms with Crippen molar-refractivity contribution in [3.63, 3.8) is 0 Å². The van der Waals surface area contributed by atoms with E-state index in [2.05, 4.69) is 41.8 Å². The number of halogens is 1. The first-order chi connectivity index (χ1) is 11.7. The van der Waals surface area contributed by atoms with Gasteiger partial charge in [0.25, 0.3) is 0 Å². The third-order valence-electron chi connectivity index (χ3n) is 5.09. The molecule has 1 aromatic rings. The molecule has 2 unspecified atom stereocenters. The van der Waals surface area contributed by atoms with E-state index in [9.17, 15) is 0 Å². The van der Waals surface area contributed by atoms with Crippen LogP contribution >= 0.6 is 24.0 Å². The zero-order chi connectivity index (χ0) is 16.9. The van der Waals surface area contributed by atoms with Crippen LogP contribution in [0.4, 0.5) is 0 Å². The standard InChI is InChI=1S/C19H33N5.HI/c1-4-20-19(24-12-15(2)11-16(3)13-24)21-9-8-17-14-23-10-6-5-7-18(23)22-17;/h14-16H,4-13H2,1-3H3,(H,20,21);1H. The molecular weight excluding hydrogens is 425 g/mol. The Bertz CT molecular complexity index is 535. The van der Waals surface area contributed by atoms with Crippen LogP contribution in [0.25, 0.3) is 0 Å². The highest BCUT2D eigenvalue weighted by atomic mass is 127. The van der Waals surface area contributed by atoms with Crippen LogP contribution in [0.1, 0.15) is 51.6 Å². The van der Waals surface area contributed by atoms with Gasteiger partial charge in [-0.05, 0) is 38.0 Å². The predicted octanol–water partition coefficient (Wildman–Crippen LogP) is 3.32. The summed E-state index contributed by atoms with van der Waals surface area (Å²) in [6.07, 6.45) is 8.21. The SMILES string of the molecule is CCNC(=NCCc1cn2c(n1)CCCC2)N1CC(C)CC(C)C1.I. The lowest BCUT2D eigenvalue weighted by Gasteiger charge is -2.37. The van der Waals surface area contributed by atoms with Crippen molar-refractivity contribution in [1.82, 2.24) is 19.8 Å². The summed E-state index contributed by atoms with van der Waals surface area (Å²) in [6.45, 7) is 12.0. The zero-order valence-corrected chi connectivity index (χ0v) is 18.3. The number of guanidine groups is 1. The van der Waals surface area contributed by atoms with Crippen LogP contribution in [0, 0.1) is 11.8 Å². The van der Waals surface area contributed by atoms with E-state index in [4.69, 9.17) is 9.98 Å². The van der Waals surface area contributed by atoms with Crippen LogP contribution in [-0.2, 0) is 19.4 Å². The summed E-state index contributed by atoms with van der Waals surface area (Å²) in [5, 5.41) is 3.48. The molecule has 142 valence electrons. The summed E-state index contributed by atoms with van der Waals surface area (Å²) in [5.41, 5.74) is 1.20. The van der Waals surface area contributed by atoms with Crippen LogP contribution in [0.15, 0.2) is 11.2 Å². The monoisotopic (exact) mass is 459 g/mol. The topological polar surface area (TPSA) is 45.5 Å². The van der Waals surface area contributed by atoms with Crippen LogP contribution < -0.4 is 5.32 Å². The summed E-state index contributed by atoms with van der Waals surface area (Å²) in [4.78, 5) is 12.1. The van der Waals surface area contributed by atoms with Gasteiger partial charge < -0.3 is 14.8 Å². The molecule has 0 amide bonds. The Labute approximate surface area is 169 Å². The molecular formula is C19H34IN5. The molecule has 0 aromatic carbocycles. The number of rotatable bonds is 4. The normalized spacial score (nSPS) is 23.8. The molecule has 6 heteroatoms. The van der Waals surface area contributed by atoms with Crippen molar-refractivity contribution in [1.29, 1.82) is 0 Å². The molecule has 1 N–H and O–H groups in total. The van der Waals surface area contributed by atoms with Crippen LogP contribution in [0.5, 0.6) is 0 Å². The van der Waals surface area contributed by atoms with Gasteiger partial charge >= 0.3 is 0 Å². The van der Waals surface area contributed by atoms with Gasteiger partial charge in [0.15, 0.2) is 5.96 Å². The minimum atomic E-state index is 0. The molecule has 2 atom stereocenters. The van der Waals surface area contributed by atoms with E-state index in [1.165, 1.54) is 30.8 Å². The lowest BCUT2D eigenvalue weighted by molar-refractivity contribution is 0.208. The Kier molecular flexibility index (Phi) is 8.03. The van der Waals surface area contributed by atoms with Gasteiger partial charge in [-0.3, -0.25) is 4.99 Å². The smallest absolute Gasteiger partial charge is 0.193 e. The van der Waals surface area contributed by atoms with Crippen molar-refractivity contribution in [3.05, 3.63) is 17.7 Å². The largest absolute Gasteiger partial charge is 0.357 e. The fourth-order valence-electron chi connectivity index (χ4n) is 4.13. The molecule has 2 aliphatic heterocycles. The summed E-state index contributed by atoms with van der Waals surface area (Å²) in [6, 6.07) is 0. The first kappa shape index (κ1) is 20.5. The first-order valence-corrected chi connectivity index (χ1v) is 9.74. The summed E-state index contributed by atoms with van der Waals surface area (Å²) < 4.78 is 2.34. The van der Waals surface area contributed by atoms with Crippen LogP contribution in [-0.4, -0.2) is 46.6 Å². The average molecular weight is 459 g/mol.